The summed E-state index contributed by atoms with van der Waals surface area (Å²) in [5, 5.41) is 3.62. The highest BCUT2D eigenvalue weighted by Gasteiger charge is 2.32. The van der Waals surface area contributed by atoms with E-state index in [1.54, 1.807) is 0 Å². The van der Waals surface area contributed by atoms with Gasteiger partial charge < -0.3 is 10.2 Å². The molecule has 94 valence electrons. The zero-order valence-corrected chi connectivity index (χ0v) is 11.1. The van der Waals surface area contributed by atoms with Gasteiger partial charge >= 0.3 is 0 Å². The van der Waals surface area contributed by atoms with E-state index in [0.29, 0.717) is 5.41 Å². The molecular formula is C13H25ClN2. The Morgan fingerprint density at radius 1 is 1.06 bits per heavy atom. The van der Waals surface area contributed by atoms with E-state index in [4.69, 9.17) is 11.6 Å². The molecular weight excluding hydrogens is 220 g/mol. The average Bonchev–Trinajstić information content (AvgIpc) is 2.97. The lowest BCUT2D eigenvalue weighted by atomic mass is 9.88. The van der Waals surface area contributed by atoms with Gasteiger partial charge in [0.1, 0.15) is 0 Å². The van der Waals surface area contributed by atoms with Crippen molar-refractivity contribution < 1.29 is 0 Å². The summed E-state index contributed by atoms with van der Waals surface area (Å²) >= 11 is 6.12. The van der Waals surface area contributed by atoms with Gasteiger partial charge in [-0.2, -0.15) is 0 Å². The minimum atomic E-state index is 0.423. The van der Waals surface area contributed by atoms with Crippen molar-refractivity contribution >= 4 is 11.6 Å². The van der Waals surface area contributed by atoms with Crippen molar-refractivity contribution in [3.8, 4) is 0 Å². The lowest BCUT2D eigenvalue weighted by molar-refractivity contribution is 0.294. The maximum absolute atomic E-state index is 6.12. The Hall–Kier alpha value is 0.210. The first-order valence-electron chi connectivity index (χ1n) is 6.84. The van der Waals surface area contributed by atoms with Crippen LogP contribution in [0, 0.1) is 5.41 Å². The van der Waals surface area contributed by atoms with Gasteiger partial charge in [0, 0.05) is 25.5 Å². The van der Waals surface area contributed by atoms with Crippen LogP contribution < -0.4 is 5.32 Å². The van der Waals surface area contributed by atoms with Gasteiger partial charge in [-0.05, 0) is 44.2 Å². The van der Waals surface area contributed by atoms with E-state index in [0.717, 1.165) is 19.0 Å². The Balaban J connectivity index is 1.59. The second kappa shape index (κ2) is 6.23. The van der Waals surface area contributed by atoms with Crippen molar-refractivity contribution in [2.24, 2.45) is 5.41 Å². The van der Waals surface area contributed by atoms with Crippen molar-refractivity contribution in [1.29, 1.82) is 0 Å². The molecule has 1 saturated carbocycles. The molecule has 2 fully saturated rings. The first-order chi connectivity index (χ1) is 7.85. The monoisotopic (exact) mass is 244 g/mol. The summed E-state index contributed by atoms with van der Waals surface area (Å²) in [6.07, 6.45) is 8.19. The highest BCUT2D eigenvalue weighted by molar-refractivity contribution is 6.18. The van der Waals surface area contributed by atoms with E-state index < -0.39 is 0 Å². The Kier molecular flexibility index (Phi) is 4.93. The summed E-state index contributed by atoms with van der Waals surface area (Å²) in [6.45, 7) is 6.10. The van der Waals surface area contributed by atoms with E-state index in [1.165, 1.54) is 58.2 Å². The first-order valence-corrected chi connectivity index (χ1v) is 7.37. The summed E-state index contributed by atoms with van der Waals surface area (Å²) in [7, 11) is 0. The van der Waals surface area contributed by atoms with E-state index in [1.807, 2.05) is 0 Å². The number of hydrogen-bond donors (Lipinski definition) is 1. The normalized spacial score (nSPS) is 25.3. The summed E-state index contributed by atoms with van der Waals surface area (Å²) in [5.74, 6) is 0.837. The van der Waals surface area contributed by atoms with Gasteiger partial charge in [-0.25, -0.2) is 0 Å². The SMILES string of the molecule is ClCC1(CNCCN2CCCC2)CCCC1. The molecule has 2 nitrogen and oxygen atoms in total. The molecule has 0 radical (unpaired) electrons. The van der Waals surface area contributed by atoms with Crippen LogP contribution in [0.4, 0.5) is 0 Å². The Morgan fingerprint density at radius 3 is 2.38 bits per heavy atom. The fourth-order valence-electron chi connectivity index (χ4n) is 3.08. The smallest absolute Gasteiger partial charge is 0.0292 e. The molecule has 0 bridgehead atoms. The number of hydrogen-bond acceptors (Lipinski definition) is 2. The second-order valence-electron chi connectivity index (χ2n) is 5.57. The van der Waals surface area contributed by atoms with Gasteiger partial charge in [0.25, 0.3) is 0 Å². The van der Waals surface area contributed by atoms with Crippen molar-refractivity contribution in [2.75, 3.05) is 38.6 Å². The van der Waals surface area contributed by atoms with E-state index in [9.17, 15) is 0 Å². The summed E-state index contributed by atoms with van der Waals surface area (Å²) in [6, 6.07) is 0. The number of nitrogens with one attached hydrogen (secondary N) is 1. The standard InChI is InChI=1S/C13H25ClN2/c14-11-13(5-1-2-6-13)12-15-7-10-16-8-3-4-9-16/h15H,1-12H2. The molecule has 2 aliphatic rings. The zero-order chi connectivity index (χ0) is 11.3. The summed E-state index contributed by atoms with van der Waals surface area (Å²) < 4.78 is 0. The van der Waals surface area contributed by atoms with Crippen LogP contribution in [0.25, 0.3) is 0 Å². The van der Waals surface area contributed by atoms with Crippen LogP contribution in [-0.2, 0) is 0 Å². The number of rotatable bonds is 6. The Morgan fingerprint density at radius 2 is 1.75 bits per heavy atom. The lowest BCUT2D eigenvalue weighted by Crippen LogP contribution is -2.37. The molecule has 2 rings (SSSR count). The highest BCUT2D eigenvalue weighted by Crippen LogP contribution is 2.38. The van der Waals surface area contributed by atoms with E-state index >= 15 is 0 Å². The predicted octanol–water partition coefficient (Wildman–Crippen LogP) is 2.47. The fraction of sp³-hybridized carbons (Fsp3) is 1.00. The molecule has 0 spiro atoms. The number of likely N-dealkylation sites (tertiary alicyclic amines) is 1. The zero-order valence-electron chi connectivity index (χ0n) is 10.3. The molecule has 1 N–H and O–H groups in total. The maximum atomic E-state index is 6.12. The number of nitrogens with zero attached hydrogens (tertiary/aromatic N) is 1. The molecule has 1 heterocycles. The first kappa shape index (κ1) is 12.7. The summed E-state index contributed by atoms with van der Waals surface area (Å²) in [4.78, 5) is 2.56. The highest BCUT2D eigenvalue weighted by atomic mass is 35.5. The molecule has 1 aliphatic carbocycles. The number of alkyl halides is 1. The third-order valence-electron chi connectivity index (χ3n) is 4.25. The van der Waals surface area contributed by atoms with Crippen LogP contribution in [-0.4, -0.2) is 43.5 Å². The largest absolute Gasteiger partial charge is 0.315 e. The van der Waals surface area contributed by atoms with Gasteiger partial charge in [0.05, 0.1) is 0 Å². The van der Waals surface area contributed by atoms with Crippen molar-refractivity contribution in [1.82, 2.24) is 10.2 Å². The van der Waals surface area contributed by atoms with Gasteiger partial charge in [-0.3, -0.25) is 0 Å². The van der Waals surface area contributed by atoms with Gasteiger partial charge in [-0.15, -0.1) is 11.6 Å². The topological polar surface area (TPSA) is 15.3 Å². The van der Waals surface area contributed by atoms with Gasteiger partial charge in [-0.1, -0.05) is 12.8 Å². The van der Waals surface area contributed by atoms with Crippen LogP contribution in [0.5, 0.6) is 0 Å². The molecule has 0 unspecified atom stereocenters. The maximum Gasteiger partial charge on any atom is 0.0292 e. The molecule has 1 aliphatic heterocycles. The molecule has 0 aromatic rings. The van der Waals surface area contributed by atoms with Crippen LogP contribution >= 0.6 is 11.6 Å². The third-order valence-corrected chi connectivity index (χ3v) is 4.82. The molecule has 16 heavy (non-hydrogen) atoms. The summed E-state index contributed by atoms with van der Waals surface area (Å²) in [5.41, 5.74) is 0.423. The van der Waals surface area contributed by atoms with Gasteiger partial charge in [0.2, 0.25) is 0 Å². The Labute approximate surface area is 105 Å². The molecule has 1 saturated heterocycles. The predicted molar refractivity (Wildman–Crippen MR) is 70.2 cm³/mol. The molecule has 0 amide bonds. The molecule has 0 atom stereocenters. The molecule has 0 aromatic carbocycles. The fourth-order valence-corrected chi connectivity index (χ4v) is 3.44. The van der Waals surface area contributed by atoms with Crippen LogP contribution in [0.15, 0.2) is 0 Å². The minimum Gasteiger partial charge on any atom is -0.315 e. The van der Waals surface area contributed by atoms with Crippen LogP contribution in [0.1, 0.15) is 38.5 Å². The van der Waals surface area contributed by atoms with Crippen molar-refractivity contribution in [3.05, 3.63) is 0 Å². The van der Waals surface area contributed by atoms with Crippen molar-refractivity contribution in [2.45, 2.75) is 38.5 Å². The lowest BCUT2D eigenvalue weighted by Gasteiger charge is -2.27. The van der Waals surface area contributed by atoms with E-state index in [-0.39, 0.29) is 0 Å². The second-order valence-corrected chi connectivity index (χ2v) is 5.83. The van der Waals surface area contributed by atoms with Crippen LogP contribution in [0.2, 0.25) is 0 Å². The average molecular weight is 245 g/mol. The molecule has 0 aromatic heterocycles. The number of halogens is 1. The van der Waals surface area contributed by atoms with Crippen LogP contribution in [0.3, 0.4) is 0 Å². The van der Waals surface area contributed by atoms with E-state index in [2.05, 4.69) is 10.2 Å². The minimum absolute atomic E-state index is 0.423. The quantitative estimate of drug-likeness (QED) is 0.571. The molecule has 3 heteroatoms. The van der Waals surface area contributed by atoms with Crippen molar-refractivity contribution in [3.63, 3.8) is 0 Å². The third kappa shape index (κ3) is 3.35. The van der Waals surface area contributed by atoms with Gasteiger partial charge in [0.15, 0.2) is 0 Å². The Bertz CT molecular complexity index is 196.